The Morgan fingerprint density at radius 1 is 1.44 bits per heavy atom. The number of methoxy groups -OCH3 is 1. The number of oxazole rings is 1. The smallest absolute Gasteiger partial charge is 0.417 e. The molecule has 0 unspecified atom stereocenters. The Labute approximate surface area is 89.7 Å². The highest BCUT2D eigenvalue weighted by Crippen LogP contribution is 2.27. The number of aromatic amines is 1. The van der Waals surface area contributed by atoms with Crippen LogP contribution in [0.3, 0.4) is 0 Å². The second-order valence-corrected chi connectivity index (χ2v) is 3.37. The average Bonchev–Trinajstić information content (AvgIpc) is 2.69. The van der Waals surface area contributed by atoms with Crippen LogP contribution < -0.4 is 10.5 Å². The average molecular weight is 216 g/mol. The van der Waals surface area contributed by atoms with Crippen LogP contribution in [0.5, 0.6) is 5.75 Å². The molecule has 1 aromatic carbocycles. The predicted octanol–water partition coefficient (Wildman–Crippen LogP) is 1.68. The summed E-state index contributed by atoms with van der Waals surface area (Å²) in [7, 11) is 1.58. The summed E-state index contributed by atoms with van der Waals surface area (Å²) in [4.78, 5) is 17.9. The van der Waals surface area contributed by atoms with Crippen molar-refractivity contribution in [2.75, 3.05) is 7.11 Å². The van der Waals surface area contributed by atoms with E-state index in [1.807, 2.05) is 18.2 Å². The molecule has 2 heterocycles. The number of pyridine rings is 1. The first-order valence-corrected chi connectivity index (χ1v) is 4.74. The summed E-state index contributed by atoms with van der Waals surface area (Å²) < 4.78 is 10.3. The Morgan fingerprint density at radius 2 is 2.31 bits per heavy atom. The number of hydrogen-bond donors (Lipinski definition) is 1. The van der Waals surface area contributed by atoms with Gasteiger partial charge in [-0.25, -0.2) is 9.78 Å². The number of nitrogens with one attached hydrogen (secondary N) is 1. The number of aromatic nitrogens is 2. The normalized spacial score (nSPS) is 11.1. The van der Waals surface area contributed by atoms with E-state index < -0.39 is 5.76 Å². The first-order chi connectivity index (χ1) is 7.79. The molecular weight excluding hydrogens is 208 g/mol. The van der Waals surface area contributed by atoms with Crippen molar-refractivity contribution >= 4 is 22.0 Å². The molecule has 0 radical (unpaired) electrons. The molecule has 5 heteroatoms. The lowest BCUT2D eigenvalue weighted by Crippen LogP contribution is -1.92. The van der Waals surface area contributed by atoms with Gasteiger partial charge in [0.2, 0.25) is 0 Å². The van der Waals surface area contributed by atoms with E-state index in [1.54, 1.807) is 13.3 Å². The van der Waals surface area contributed by atoms with E-state index in [4.69, 9.17) is 9.15 Å². The molecule has 1 N–H and O–H groups in total. The third-order valence-electron chi connectivity index (χ3n) is 2.46. The number of ether oxygens (including phenoxy) is 1. The summed E-state index contributed by atoms with van der Waals surface area (Å²) in [5, 5.41) is 0.759. The van der Waals surface area contributed by atoms with Crippen LogP contribution in [0.25, 0.3) is 22.0 Å². The van der Waals surface area contributed by atoms with Crippen LogP contribution in [-0.2, 0) is 0 Å². The number of rotatable bonds is 1. The van der Waals surface area contributed by atoms with Gasteiger partial charge in [-0.05, 0) is 12.1 Å². The van der Waals surface area contributed by atoms with Crippen molar-refractivity contribution in [3.8, 4) is 5.75 Å². The number of para-hydroxylation sites is 1. The van der Waals surface area contributed by atoms with Crippen LogP contribution in [0, 0.1) is 0 Å². The van der Waals surface area contributed by atoms with Gasteiger partial charge >= 0.3 is 5.76 Å². The molecule has 0 amide bonds. The van der Waals surface area contributed by atoms with Crippen LogP contribution in [0.4, 0.5) is 0 Å². The minimum Gasteiger partial charge on any atom is -0.494 e. The maximum atomic E-state index is 11.1. The van der Waals surface area contributed by atoms with E-state index in [2.05, 4.69) is 9.97 Å². The highest BCUT2D eigenvalue weighted by atomic mass is 16.5. The highest BCUT2D eigenvalue weighted by Gasteiger charge is 2.09. The van der Waals surface area contributed by atoms with Gasteiger partial charge in [-0.1, -0.05) is 6.07 Å². The zero-order valence-corrected chi connectivity index (χ0v) is 8.48. The van der Waals surface area contributed by atoms with Crippen LogP contribution >= 0.6 is 0 Å². The topological polar surface area (TPSA) is 68.1 Å². The zero-order valence-electron chi connectivity index (χ0n) is 8.48. The number of H-pyrrole nitrogens is 1. The van der Waals surface area contributed by atoms with E-state index in [0.29, 0.717) is 22.4 Å². The molecule has 0 aliphatic rings. The van der Waals surface area contributed by atoms with Crippen LogP contribution in [0.1, 0.15) is 0 Å². The van der Waals surface area contributed by atoms with Gasteiger partial charge in [0.25, 0.3) is 0 Å². The summed E-state index contributed by atoms with van der Waals surface area (Å²) in [6, 6.07) is 5.48. The fourth-order valence-corrected chi connectivity index (χ4v) is 1.76. The lowest BCUT2D eigenvalue weighted by Gasteiger charge is -2.03. The van der Waals surface area contributed by atoms with Gasteiger partial charge in [-0.2, -0.15) is 0 Å². The van der Waals surface area contributed by atoms with Gasteiger partial charge in [0.15, 0.2) is 5.58 Å². The molecule has 5 nitrogen and oxygen atoms in total. The number of fused-ring (bicyclic) bond motifs is 3. The number of benzene rings is 1. The molecule has 0 saturated heterocycles. The fraction of sp³-hybridized carbons (Fsp3) is 0.0909. The molecule has 3 rings (SSSR count). The van der Waals surface area contributed by atoms with E-state index in [1.165, 1.54) is 0 Å². The van der Waals surface area contributed by atoms with Crippen molar-refractivity contribution in [3.63, 3.8) is 0 Å². The molecule has 0 aliphatic heterocycles. The second-order valence-electron chi connectivity index (χ2n) is 3.37. The molecule has 3 aromatic rings. The summed E-state index contributed by atoms with van der Waals surface area (Å²) in [6.07, 6.45) is 1.56. The lowest BCUT2D eigenvalue weighted by atomic mass is 10.2. The maximum Gasteiger partial charge on any atom is 0.417 e. The fourth-order valence-electron chi connectivity index (χ4n) is 1.76. The third kappa shape index (κ3) is 1.11. The van der Waals surface area contributed by atoms with Gasteiger partial charge in [-0.3, -0.25) is 4.98 Å². The number of nitrogens with zero attached hydrogens (tertiary/aromatic N) is 1. The molecular formula is C11H8N2O3. The van der Waals surface area contributed by atoms with E-state index in [9.17, 15) is 4.79 Å². The largest absolute Gasteiger partial charge is 0.494 e. The quantitative estimate of drug-likeness (QED) is 0.671. The van der Waals surface area contributed by atoms with Crippen molar-refractivity contribution in [2.24, 2.45) is 0 Å². The Bertz CT molecular complexity index is 727. The van der Waals surface area contributed by atoms with Crippen LogP contribution in [0.15, 0.2) is 33.6 Å². The molecule has 0 fully saturated rings. The summed E-state index contributed by atoms with van der Waals surface area (Å²) in [5.74, 6) is 0.176. The van der Waals surface area contributed by atoms with Crippen LogP contribution in [0.2, 0.25) is 0 Å². The van der Waals surface area contributed by atoms with Gasteiger partial charge in [0, 0.05) is 5.39 Å². The Morgan fingerprint density at radius 3 is 3.12 bits per heavy atom. The number of hydrogen-bond acceptors (Lipinski definition) is 4. The molecule has 0 atom stereocenters. The molecule has 16 heavy (non-hydrogen) atoms. The molecule has 0 aliphatic carbocycles. The second kappa shape index (κ2) is 3.10. The van der Waals surface area contributed by atoms with Crippen molar-refractivity contribution in [1.82, 2.24) is 9.97 Å². The molecule has 0 saturated carbocycles. The van der Waals surface area contributed by atoms with Crippen molar-refractivity contribution < 1.29 is 9.15 Å². The van der Waals surface area contributed by atoms with Gasteiger partial charge in [0.05, 0.1) is 13.3 Å². The minimum atomic E-state index is -0.480. The standard InChI is InChI=1S/C11H8N2O3/c1-15-8-4-2-3-6-9(8)12-5-7-10(6)16-11(14)13-7/h2-5H,1H3,(H,13,14). The molecule has 2 aromatic heterocycles. The predicted molar refractivity (Wildman–Crippen MR) is 58.7 cm³/mol. The SMILES string of the molecule is COc1cccc2c1ncc1[nH]c(=O)oc12. The Kier molecular flexibility index (Phi) is 1.73. The molecule has 0 spiro atoms. The van der Waals surface area contributed by atoms with E-state index in [-0.39, 0.29) is 0 Å². The zero-order chi connectivity index (χ0) is 11.1. The summed E-state index contributed by atoms with van der Waals surface area (Å²) in [6.45, 7) is 0. The van der Waals surface area contributed by atoms with Gasteiger partial charge < -0.3 is 9.15 Å². The van der Waals surface area contributed by atoms with Crippen LogP contribution in [-0.4, -0.2) is 17.1 Å². The van der Waals surface area contributed by atoms with E-state index >= 15 is 0 Å². The first-order valence-electron chi connectivity index (χ1n) is 4.74. The van der Waals surface area contributed by atoms with Gasteiger partial charge in [0.1, 0.15) is 16.8 Å². The first kappa shape index (κ1) is 8.96. The third-order valence-corrected chi connectivity index (χ3v) is 2.46. The molecule has 0 bridgehead atoms. The maximum absolute atomic E-state index is 11.1. The Balaban J connectivity index is 2.56. The molecule has 80 valence electrons. The minimum absolute atomic E-state index is 0.480. The summed E-state index contributed by atoms with van der Waals surface area (Å²) in [5.41, 5.74) is 1.78. The van der Waals surface area contributed by atoms with E-state index in [0.717, 1.165) is 5.39 Å². The van der Waals surface area contributed by atoms with Gasteiger partial charge in [-0.15, -0.1) is 0 Å². The highest BCUT2D eigenvalue weighted by molar-refractivity contribution is 6.02. The van der Waals surface area contributed by atoms with Crippen molar-refractivity contribution in [2.45, 2.75) is 0 Å². The van der Waals surface area contributed by atoms with Crippen molar-refractivity contribution in [1.29, 1.82) is 0 Å². The lowest BCUT2D eigenvalue weighted by molar-refractivity contribution is 0.419. The summed E-state index contributed by atoms with van der Waals surface area (Å²) >= 11 is 0. The Hall–Kier alpha value is -2.30. The van der Waals surface area contributed by atoms with Crippen molar-refractivity contribution in [3.05, 3.63) is 34.9 Å². The monoisotopic (exact) mass is 216 g/mol.